The Balaban J connectivity index is 2.64. The summed E-state index contributed by atoms with van der Waals surface area (Å²) < 4.78 is 0. The molecule has 1 aromatic carbocycles. The summed E-state index contributed by atoms with van der Waals surface area (Å²) in [4.78, 5) is 13.3. The van der Waals surface area contributed by atoms with E-state index >= 15 is 0 Å². The second-order valence-corrected chi connectivity index (χ2v) is 4.46. The molecule has 0 saturated carbocycles. The summed E-state index contributed by atoms with van der Waals surface area (Å²) >= 11 is 11.8. The minimum Gasteiger partial charge on any atom is -0.330 e. The van der Waals surface area contributed by atoms with Crippen LogP contribution in [0.3, 0.4) is 0 Å². The van der Waals surface area contributed by atoms with Gasteiger partial charge in [-0.25, -0.2) is 4.79 Å². The van der Waals surface area contributed by atoms with Gasteiger partial charge in [0.1, 0.15) is 0 Å². The molecule has 1 rings (SSSR count). The van der Waals surface area contributed by atoms with E-state index in [2.05, 4.69) is 5.32 Å². The molecule has 0 heterocycles. The van der Waals surface area contributed by atoms with Crippen LogP contribution in [0, 0.1) is 0 Å². The van der Waals surface area contributed by atoms with E-state index in [4.69, 9.17) is 28.9 Å². The van der Waals surface area contributed by atoms with Crippen molar-refractivity contribution in [1.82, 2.24) is 4.90 Å². The molecular weight excluding hydrogens is 261 g/mol. The van der Waals surface area contributed by atoms with Crippen LogP contribution in [0.1, 0.15) is 6.42 Å². The molecule has 0 aliphatic heterocycles. The van der Waals surface area contributed by atoms with Gasteiger partial charge < -0.3 is 16.0 Å². The number of carbonyl (C=O) groups is 1. The Morgan fingerprint density at radius 1 is 1.47 bits per heavy atom. The van der Waals surface area contributed by atoms with E-state index in [1.807, 2.05) is 0 Å². The van der Waals surface area contributed by atoms with E-state index in [0.29, 0.717) is 28.8 Å². The molecule has 2 amide bonds. The smallest absolute Gasteiger partial charge is 0.321 e. The van der Waals surface area contributed by atoms with E-state index in [0.717, 1.165) is 6.42 Å². The zero-order valence-corrected chi connectivity index (χ0v) is 11.1. The van der Waals surface area contributed by atoms with E-state index in [1.54, 1.807) is 30.1 Å². The number of urea groups is 1. The van der Waals surface area contributed by atoms with Gasteiger partial charge in [-0.05, 0) is 31.2 Å². The Hall–Kier alpha value is -0.970. The fraction of sp³-hybridized carbons (Fsp3) is 0.364. The van der Waals surface area contributed by atoms with Gasteiger partial charge in [-0.2, -0.15) is 0 Å². The third-order valence-corrected chi connectivity index (χ3v) is 2.78. The lowest BCUT2D eigenvalue weighted by molar-refractivity contribution is 0.222. The van der Waals surface area contributed by atoms with Gasteiger partial charge in [0, 0.05) is 18.6 Å². The average Bonchev–Trinajstić information content (AvgIpc) is 2.30. The molecular formula is C11H15Cl2N3O. The monoisotopic (exact) mass is 275 g/mol. The lowest BCUT2D eigenvalue weighted by atomic mass is 10.3. The van der Waals surface area contributed by atoms with Gasteiger partial charge in [-0.1, -0.05) is 23.2 Å². The highest BCUT2D eigenvalue weighted by molar-refractivity contribution is 6.35. The Morgan fingerprint density at radius 3 is 2.82 bits per heavy atom. The second-order valence-electron chi connectivity index (χ2n) is 3.62. The van der Waals surface area contributed by atoms with Crippen LogP contribution < -0.4 is 11.1 Å². The highest BCUT2D eigenvalue weighted by Gasteiger charge is 2.10. The van der Waals surface area contributed by atoms with Crippen molar-refractivity contribution in [3.8, 4) is 0 Å². The summed E-state index contributed by atoms with van der Waals surface area (Å²) in [6, 6.07) is 4.68. The van der Waals surface area contributed by atoms with Crippen molar-refractivity contribution in [1.29, 1.82) is 0 Å². The fourth-order valence-corrected chi connectivity index (χ4v) is 1.57. The largest absolute Gasteiger partial charge is 0.330 e. The predicted molar refractivity (Wildman–Crippen MR) is 71.8 cm³/mol. The number of hydrogen-bond donors (Lipinski definition) is 2. The average molecular weight is 276 g/mol. The van der Waals surface area contributed by atoms with Crippen molar-refractivity contribution in [3.63, 3.8) is 0 Å². The summed E-state index contributed by atoms with van der Waals surface area (Å²) in [5.74, 6) is 0. The molecule has 0 aliphatic carbocycles. The van der Waals surface area contributed by atoms with Crippen LogP contribution in [-0.2, 0) is 0 Å². The molecule has 0 unspecified atom stereocenters. The van der Waals surface area contributed by atoms with E-state index in [-0.39, 0.29) is 6.03 Å². The molecule has 0 spiro atoms. The number of anilines is 1. The fourth-order valence-electron chi connectivity index (χ4n) is 1.23. The third kappa shape index (κ3) is 4.42. The maximum Gasteiger partial charge on any atom is 0.321 e. The van der Waals surface area contributed by atoms with E-state index < -0.39 is 0 Å². The molecule has 0 bridgehead atoms. The van der Waals surface area contributed by atoms with Gasteiger partial charge in [0.25, 0.3) is 0 Å². The van der Waals surface area contributed by atoms with Crippen LogP contribution in [0.5, 0.6) is 0 Å². The minimum atomic E-state index is -0.234. The number of rotatable bonds is 4. The van der Waals surface area contributed by atoms with Crippen molar-refractivity contribution < 1.29 is 4.79 Å². The first-order valence-corrected chi connectivity index (χ1v) is 5.97. The van der Waals surface area contributed by atoms with Crippen LogP contribution in [0.4, 0.5) is 10.5 Å². The molecule has 94 valence electrons. The molecule has 0 aromatic heterocycles. The molecule has 0 fully saturated rings. The molecule has 17 heavy (non-hydrogen) atoms. The minimum absolute atomic E-state index is 0.234. The van der Waals surface area contributed by atoms with Gasteiger partial charge in [-0.15, -0.1) is 0 Å². The number of nitrogens with zero attached hydrogens (tertiary/aromatic N) is 1. The molecule has 0 atom stereocenters. The second kappa shape index (κ2) is 6.69. The van der Waals surface area contributed by atoms with Crippen LogP contribution in [0.15, 0.2) is 18.2 Å². The first kappa shape index (κ1) is 14.1. The summed E-state index contributed by atoms with van der Waals surface area (Å²) in [5, 5.41) is 3.67. The molecule has 4 nitrogen and oxygen atoms in total. The Kier molecular flexibility index (Phi) is 5.55. The van der Waals surface area contributed by atoms with Gasteiger partial charge in [0.2, 0.25) is 0 Å². The van der Waals surface area contributed by atoms with Crippen LogP contribution in [-0.4, -0.2) is 31.1 Å². The Bertz CT molecular complexity index is 398. The normalized spacial score (nSPS) is 10.1. The SMILES string of the molecule is CN(CCCN)C(=O)Nc1cc(Cl)ccc1Cl. The lowest BCUT2D eigenvalue weighted by Crippen LogP contribution is -2.33. The first-order chi connectivity index (χ1) is 8.04. The number of nitrogens with two attached hydrogens (primary N) is 1. The van der Waals surface area contributed by atoms with Crippen molar-refractivity contribution in [2.24, 2.45) is 5.73 Å². The highest BCUT2D eigenvalue weighted by Crippen LogP contribution is 2.25. The zero-order valence-electron chi connectivity index (χ0n) is 9.54. The Morgan fingerprint density at radius 2 is 2.18 bits per heavy atom. The summed E-state index contributed by atoms with van der Waals surface area (Å²) in [6.45, 7) is 1.15. The van der Waals surface area contributed by atoms with Crippen molar-refractivity contribution >= 4 is 34.9 Å². The Labute approximate surface area is 111 Å². The number of halogens is 2. The number of benzene rings is 1. The molecule has 3 N–H and O–H groups in total. The highest BCUT2D eigenvalue weighted by atomic mass is 35.5. The van der Waals surface area contributed by atoms with Crippen LogP contribution >= 0.6 is 23.2 Å². The molecule has 0 aliphatic rings. The zero-order chi connectivity index (χ0) is 12.8. The van der Waals surface area contributed by atoms with Crippen LogP contribution in [0.2, 0.25) is 10.0 Å². The number of hydrogen-bond acceptors (Lipinski definition) is 2. The van der Waals surface area contributed by atoms with Gasteiger partial charge in [0.05, 0.1) is 10.7 Å². The topological polar surface area (TPSA) is 58.4 Å². The number of amides is 2. The van der Waals surface area contributed by atoms with Gasteiger partial charge in [0.15, 0.2) is 0 Å². The molecule has 0 saturated heterocycles. The van der Waals surface area contributed by atoms with E-state index in [1.165, 1.54) is 0 Å². The standard InChI is InChI=1S/C11H15Cl2N3O/c1-16(6-2-5-14)11(17)15-10-7-8(12)3-4-9(10)13/h3-4,7H,2,5-6,14H2,1H3,(H,15,17). The van der Waals surface area contributed by atoms with Gasteiger partial charge in [-0.3, -0.25) is 0 Å². The summed E-state index contributed by atoms with van der Waals surface area (Å²) in [6.07, 6.45) is 0.757. The maximum atomic E-state index is 11.8. The lowest BCUT2D eigenvalue weighted by Gasteiger charge is -2.18. The van der Waals surface area contributed by atoms with Crippen molar-refractivity contribution in [2.75, 3.05) is 25.5 Å². The maximum absolute atomic E-state index is 11.8. The molecule has 6 heteroatoms. The summed E-state index contributed by atoms with van der Waals surface area (Å²) in [5.41, 5.74) is 5.88. The summed E-state index contributed by atoms with van der Waals surface area (Å²) in [7, 11) is 1.70. The van der Waals surface area contributed by atoms with Gasteiger partial charge >= 0.3 is 6.03 Å². The quantitative estimate of drug-likeness (QED) is 0.888. The molecule has 1 aromatic rings. The van der Waals surface area contributed by atoms with E-state index in [9.17, 15) is 4.79 Å². The first-order valence-electron chi connectivity index (χ1n) is 5.22. The van der Waals surface area contributed by atoms with Crippen LogP contribution in [0.25, 0.3) is 0 Å². The van der Waals surface area contributed by atoms with Crippen molar-refractivity contribution in [2.45, 2.75) is 6.42 Å². The predicted octanol–water partition coefficient (Wildman–Crippen LogP) is 2.81. The number of nitrogens with one attached hydrogen (secondary N) is 1. The molecule has 0 radical (unpaired) electrons. The number of carbonyl (C=O) groups excluding carboxylic acids is 1. The third-order valence-electron chi connectivity index (χ3n) is 2.21. The van der Waals surface area contributed by atoms with Crippen molar-refractivity contribution in [3.05, 3.63) is 28.2 Å².